The Bertz CT molecular complexity index is 763. The first-order chi connectivity index (χ1) is 10.9. The fourth-order valence-corrected chi connectivity index (χ4v) is 2.14. The third kappa shape index (κ3) is 4.20. The smallest absolute Gasteiger partial charge is 0.273 e. The van der Waals surface area contributed by atoms with Crippen LogP contribution in [0.25, 0.3) is 6.08 Å². The van der Waals surface area contributed by atoms with E-state index < -0.39 is 17.6 Å². The predicted molar refractivity (Wildman–Crippen MR) is 84.2 cm³/mol. The Morgan fingerprint density at radius 2 is 2.00 bits per heavy atom. The molecule has 0 aliphatic carbocycles. The maximum absolute atomic E-state index is 13.5. The summed E-state index contributed by atoms with van der Waals surface area (Å²) in [6.45, 7) is 3.35. The number of benzene rings is 1. The van der Waals surface area contributed by atoms with Crippen LogP contribution < -0.4 is 10.9 Å². The van der Waals surface area contributed by atoms with Gasteiger partial charge in [0.1, 0.15) is 17.3 Å². The Morgan fingerprint density at radius 3 is 2.61 bits per heavy atom. The second-order valence-electron chi connectivity index (χ2n) is 4.74. The molecule has 2 rings (SSSR count). The molecule has 2 aromatic rings. The molecule has 0 unspecified atom stereocenters. The second kappa shape index (κ2) is 7.11. The van der Waals surface area contributed by atoms with Crippen molar-refractivity contribution < 1.29 is 18.4 Å². The first-order valence-electron chi connectivity index (χ1n) is 6.68. The van der Waals surface area contributed by atoms with E-state index in [-0.39, 0.29) is 10.6 Å². The number of nitrogens with one attached hydrogen (secondary N) is 2. The molecule has 2 amide bonds. The Morgan fingerprint density at radius 1 is 1.26 bits per heavy atom. The zero-order valence-corrected chi connectivity index (χ0v) is 13.2. The summed E-state index contributed by atoms with van der Waals surface area (Å²) in [4.78, 5) is 23.5. The minimum absolute atomic E-state index is 0.0944. The van der Waals surface area contributed by atoms with Crippen LogP contribution in [-0.4, -0.2) is 11.8 Å². The fraction of sp³-hybridized carbons (Fsp3) is 0.125. The normalized spacial score (nSPS) is 10.8. The summed E-state index contributed by atoms with van der Waals surface area (Å²) in [6, 6.07) is 5.76. The number of hydrazine groups is 1. The number of rotatable bonds is 3. The number of furan rings is 1. The maximum Gasteiger partial charge on any atom is 0.273 e. The van der Waals surface area contributed by atoms with E-state index in [1.54, 1.807) is 19.9 Å². The van der Waals surface area contributed by atoms with Gasteiger partial charge in [0.15, 0.2) is 0 Å². The lowest BCUT2D eigenvalue weighted by molar-refractivity contribution is -0.117. The third-order valence-corrected chi connectivity index (χ3v) is 3.32. The number of hydrogen-bond acceptors (Lipinski definition) is 3. The van der Waals surface area contributed by atoms with Gasteiger partial charge in [0.2, 0.25) is 0 Å². The zero-order chi connectivity index (χ0) is 17.0. The van der Waals surface area contributed by atoms with Gasteiger partial charge in [-0.1, -0.05) is 17.7 Å². The average molecular weight is 337 g/mol. The molecule has 0 fully saturated rings. The van der Waals surface area contributed by atoms with Crippen LogP contribution in [0, 0.1) is 19.7 Å². The average Bonchev–Trinajstić information content (AvgIpc) is 2.83. The van der Waals surface area contributed by atoms with Crippen LogP contribution in [0.1, 0.15) is 27.4 Å². The first kappa shape index (κ1) is 16.8. The van der Waals surface area contributed by atoms with E-state index in [0.29, 0.717) is 17.1 Å². The monoisotopic (exact) mass is 336 g/mol. The maximum atomic E-state index is 13.5. The molecule has 0 spiro atoms. The minimum Gasteiger partial charge on any atom is -0.466 e. The van der Waals surface area contributed by atoms with Crippen molar-refractivity contribution in [2.24, 2.45) is 0 Å². The molecule has 0 saturated heterocycles. The van der Waals surface area contributed by atoms with Gasteiger partial charge in [-0.25, -0.2) is 4.39 Å². The van der Waals surface area contributed by atoms with Crippen molar-refractivity contribution in [2.75, 3.05) is 0 Å². The van der Waals surface area contributed by atoms with E-state index in [9.17, 15) is 14.0 Å². The summed E-state index contributed by atoms with van der Waals surface area (Å²) in [5.41, 5.74) is 4.85. The Labute approximate surface area is 137 Å². The fourth-order valence-electron chi connectivity index (χ4n) is 1.91. The van der Waals surface area contributed by atoms with Gasteiger partial charge < -0.3 is 4.42 Å². The molecule has 0 bridgehead atoms. The zero-order valence-electron chi connectivity index (χ0n) is 12.4. The molecule has 1 aromatic carbocycles. The third-order valence-electron chi connectivity index (χ3n) is 2.99. The van der Waals surface area contributed by atoms with Crippen LogP contribution in [-0.2, 0) is 4.79 Å². The number of carbonyl (C=O) groups is 2. The molecule has 2 N–H and O–H groups in total. The molecule has 0 aliphatic heterocycles. The number of carbonyl (C=O) groups excluding carboxylic acids is 2. The van der Waals surface area contributed by atoms with Crippen molar-refractivity contribution in [3.8, 4) is 0 Å². The largest absolute Gasteiger partial charge is 0.466 e. The van der Waals surface area contributed by atoms with Gasteiger partial charge in [-0.3, -0.25) is 20.4 Å². The van der Waals surface area contributed by atoms with Crippen LogP contribution in [0.5, 0.6) is 0 Å². The molecule has 0 atom stereocenters. The lowest BCUT2D eigenvalue weighted by Gasteiger charge is -2.04. The molecule has 120 valence electrons. The van der Waals surface area contributed by atoms with Gasteiger partial charge in [0.05, 0.1) is 10.6 Å². The second-order valence-corrected chi connectivity index (χ2v) is 5.15. The van der Waals surface area contributed by atoms with E-state index in [1.807, 2.05) is 0 Å². The molecule has 23 heavy (non-hydrogen) atoms. The van der Waals surface area contributed by atoms with Crippen LogP contribution >= 0.6 is 11.6 Å². The highest BCUT2D eigenvalue weighted by atomic mass is 35.5. The molecule has 0 aliphatic rings. The van der Waals surface area contributed by atoms with Crippen molar-refractivity contribution in [1.29, 1.82) is 0 Å². The van der Waals surface area contributed by atoms with E-state index in [4.69, 9.17) is 16.0 Å². The van der Waals surface area contributed by atoms with Crippen LogP contribution in [0.4, 0.5) is 4.39 Å². The van der Waals surface area contributed by atoms with E-state index in [2.05, 4.69) is 10.9 Å². The van der Waals surface area contributed by atoms with Crippen LogP contribution in [0.3, 0.4) is 0 Å². The summed E-state index contributed by atoms with van der Waals surface area (Å²) in [5, 5.41) is 0.183. The molecule has 1 aromatic heterocycles. The van der Waals surface area contributed by atoms with Crippen molar-refractivity contribution in [1.82, 2.24) is 10.9 Å². The van der Waals surface area contributed by atoms with Crippen molar-refractivity contribution in [2.45, 2.75) is 13.8 Å². The van der Waals surface area contributed by atoms with Gasteiger partial charge in [-0.05, 0) is 38.1 Å². The predicted octanol–water partition coefficient (Wildman–Crippen LogP) is 3.16. The van der Waals surface area contributed by atoms with Gasteiger partial charge in [-0.2, -0.15) is 0 Å². The van der Waals surface area contributed by atoms with E-state index in [1.165, 1.54) is 24.3 Å². The summed E-state index contributed by atoms with van der Waals surface area (Å²) >= 11 is 5.84. The first-order valence-corrected chi connectivity index (χ1v) is 7.05. The van der Waals surface area contributed by atoms with Gasteiger partial charge >= 0.3 is 0 Å². The topological polar surface area (TPSA) is 71.3 Å². The molecular weight excluding hydrogens is 323 g/mol. The van der Waals surface area contributed by atoms with Crippen LogP contribution in [0.15, 0.2) is 34.8 Å². The van der Waals surface area contributed by atoms with Crippen molar-refractivity contribution in [3.05, 3.63) is 63.8 Å². The highest BCUT2D eigenvalue weighted by molar-refractivity contribution is 6.32. The van der Waals surface area contributed by atoms with E-state index in [0.717, 1.165) is 6.08 Å². The minimum atomic E-state index is -0.629. The van der Waals surface area contributed by atoms with Gasteiger partial charge in [0.25, 0.3) is 11.8 Å². The molecule has 0 radical (unpaired) electrons. The summed E-state index contributed by atoms with van der Waals surface area (Å²) in [5.74, 6) is -0.647. The van der Waals surface area contributed by atoms with E-state index >= 15 is 0 Å². The highest BCUT2D eigenvalue weighted by Gasteiger charge is 2.13. The number of aryl methyl sites for hydroxylation is 2. The summed E-state index contributed by atoms with van der Waals surface area (Å²) in [6.07, 6.45) is 2.30. The quantitative estimate of drug-likeness (QED) is 0.668. The number of halogens is 2. The van der Waals surface area contributed by atoms with Crippen molar-refractivity contribution >= 4 is 29.5 Å². The van der Waals surface area contributed by atoms with Gasteiger partial charge in [0, 0.05) is 11.6 Å². The Kier molecular flexibility index (Phi) is 5.18. The lowest BCUT2D eigenvalue weighted by Crippen LogP contribution is -2.40. The number of amides is 2. The molecule has 5 nitrogen and oxygen atoms in total. The molecule has 7 heteroatoms. The summed E-state index contributed by atoms with van der Waals surface area (Å²) in [7, 11) is 0. The van der Waals surface area contributed by atoms with Gasteiger partial charge in [-0.15, -0.1) is 0 Å². The Balaban J connectivity index is 1.96. The SMILES string of the molecule is Cc1cc(C(=O)NNC(=O)/C=C/c2c(F)cccc2Cl)c(C)o1. The van der Waals surface area contributed by atoms with Crippen LogP contribution in [0.2, 0.25) is 5.02 Å². The lowest BCUT2D eigenvalue weighted by atomic mass is 10.2. The standard InChI is InChI=1S/C16H14ClFN2O3/c1-9-8-12(10(2)23-9)16(22)20-19-15(21)7-6-11-13(17)4-3-5-14(11)18/h3-8H,1-2H3,(H,19,21)(H,20,22)/b7-6+. The summed E-state index contributed by atoms with van der Waals surface area (Å²) < 4.78 is 18.8. The molecule has 0 saturated carbocycles. The molecular formula is C16H14ClFN2O3. The Hall–Kier alpha value is -2.60. The van der Waals surface area contributed by atoms with Crippen molar-refractivity contribution in [3.63, 3.8) is 0 Å². The molecule has 1 heterocycles. The number of hydrogen-bond donors (Lipinski definition) is 2. The highest BCUT2D eigenvalue weighted by Crippen LogP contribution is 2.20.